The predicted molar refractivity (Wildman–Crippen MR) is 80.1 cm³/mol. The zero-order valence-electron chi connectivity index (χ0n) is 12.4. The summed E-state index contributed by atoms with van der Waals surface area (Å²) in [6.07, 6.45) is 1.14. The van der Waals surface area contributed by atoms with Crippen LogP contribution < -0.4 is 5.32 Å². The summed E-state index contributed by atoms with van der Waals surface area (Å²) in [5.41, 5.74) is 1.35. The summed E-state index contributed by atoms with van der Waals surface area (Å²) in [6, 6.07) is 2.82. The first-order valence-corrected chi connectivity index (χ1v) is 7.70. The van der Waals surface area contributed by atoms with E-state index in [1.165, 1.54) is 15.3 Å². The van der Waals surface area contributed by atoms with Crippen LogP contribution in [0.2, 0.25) is 0 Å². The Morgan fingerprint density at radius 1 is 1.28 bits per heavy atom. The van der Waals surface area contributed by atoms with Crippen molar-refractivity contribution < 1.29 is 4.74 Å². The van der Waals surface area contributed by atoms with Gasteiger partial charge in [-0.15, -0.1) is 11.3 Å². The van der Waals surface area contributed by atoms with E-state index in [0.717, 1.165) is 32.1 Å². The summed E-state index contributed by atoms with van der Waals surface area (Å²) in [7, 11) is 0. The molecule has 3 heteroatoms. The third-order valence-corrected chi connectivity index (χ3v) is 3.95. The van der Waals surface area contributed by atoms with Gasteiger partial charge in [-0.1, -0.05) is 27.7 Å². The molecule has 0 saturated heterocycles. The summed E-state index contributed by atoms with van der Waals surface area (Å²) in [6.45, 7) is 13.6. The van der Waals surface area contributed by atoms with Crippen LogP contribution in [-0.2, 0) is 17.9 Å². The van der Waals surface area contributed by atoms with Crippen molar-refractivity contribution in [1.29, 1.82) is 0 Å². The van der Waals surface area contributed by atoms with Gasteiger partial charge in [-0.05, 0) is 30.9 Å². The molecule has 1 rings (SSSR count). The Bertz CT molecular complexity index is 344. The van der Waals surface area contributed by atoms with Crippen molar-refractivity contribution in [3.8, 4) is 0 Å². The van der Waals surface area contributed by atoms with Crippen molar-refractivity contribution in [2.75, 3.05) is 6.61 Å². The largest absolute Gasteiger partial charge is 0.377 e. The Kier molecular flexibility index (Phi) is 6.90. The topological polar surface area (TPSA) is 21.3 Å². The number of nitrogens with one attached hydrogen (secondary N) is 1. The van der Waals surface area contributed by atoms with Crippen LogP contribution in [-0.4, -0.2) is 12.6 Å². The van der Waals surface area contributed by atoms with E-state index in [1.807, 2.05) is 11.3 Å². The summed E-state index contributed by atoms with van der Waals surface area (Å²) in [4.78, 5) is 2.80. The highest BCUT2D eigenvalue weighted by molar-refractivity contribution is 7.12. The molecule has 0 aliphatic heterocycles. The van der Waals surface area contributed by atoms with Gasteiger partial charge >= 0.3 is 0 Å². The Morgan fingerprint density at radius 2 is 2.00 bits per heavy atom. The van der Waals surface area contributed by atoms with Crippen molar-refractivity contribution in [1.82, 2.24) is 5.32 Å². The lowest BCUT2D eigenvalue weighted by Gasteiger charge is -2.06. The number of rotatable bonds is 8. The van der Waals surface area contributed by atoms with E-state index in [9.17, 15) is 0 Å². The lowest BCUT2D eigenvalue weighted by Crippen LogP contribution is -2.21. The third kappa shape index (κ3) is 5.98. The summed E-state index contributed by atoms with van der Waals surface area (Å²) in [5, 5.41) is 3.45. The normalized spacial score (nSPS) is 11.7. The maximum atomic E-state index is 5.74. The molecular weight excluding hydrogens is 242 g/mol. The average Bonchev–Trinajstić information content (AvgIpc) is 2.63. The molecule has 2 nitrogen and oxygen atoms in total. The number of hydrogen-bond donors (Lipinski definition) is 1. The Morgan fingerprint density at radius 3 is 2.61 bits per heavy atom. The molecule has 1 aromatic rings. The first kappa shape index (κ1) is 15.7. The van der Waals surface area contributed by atoms with Crippen molar-refractivity contribution in [3.05, 3.63) is 21.4 Å². The van der Waals surface area contributed by atoms with Gasteiger partial charge in [0, 0.05) is 28.9 Å². The first-order valence-electron chi connectivity index (χ1n) is 6.88. The molecule has 0 aliphatic rings. The van der Waals surface area contributed by atoms with Gasteiger partial charge in [0.25, 0.3) is 0 Å². The number of thiophene rings is 1. The second-order valence-corrected chi connectivity index (χ2v) is 6.91. The monoisotopic (exact) mass is 269 g/mol. The predicted octanol–water partition coefficient (Wildman–Crippen LogP) is 4.12. The van der Waals surface area contributed by atoms with E-state index >= 15 is 0 Å². The minimum absolute atomic E-state index is 0.540. The highest BCUT2D eigenvalue weighted by Crippen LogP contribution is 2.22. The second kappa shape index (κ2) is 7.93. The van der Waals surface area contributed by atoms with Crippen molar-refractivity contribution >= 4 is 11.3 Å². The highest BCUT2D eigenvalue weighted by Gasteiger charge is 2.06. The Balaban J connectivity index is 2.36. The molecule has 0 atom stereocenters. The van der Waals surface area contributed by atoms with Crippen molar-refractivity contribution in [3.63, 3.8) is 0 Å². The van der Waals surface area contributed by atoms with Gasteiger partial charge in [-0.2, -0.15) is 0 Å². The molecule has 0 fully saturated rings. The van der Waals surface area contributed by atoms with E-state index in [1.54, 1.807) is 0 Å². The molecule has 0 spiro atoms. The van der Waals surface area contributed by atoms with Gasteiger partial charge in [0.05, 0.1) is 6.61 Å². The molecule has 0 aromatic carbocycles. The fourth-order valence-corrected chi connectivity index (χ4v) is 2.62. The molecule has 0 radical (unpaired) electrons. The van der Waals surface area contributed by atoms with Gasteiger partial charge in [0.2, 0.25) is 0 Å². The smallest absolute Gasteiger partial charge is 0.0727 e. The molecule has 0 aliphatic carbocycles. The maximum Gasteiger partial charge on any atom is 0.0727 e. The van der Waals surface area contributed by atoms with E-state index in [4.69, 9.17) is 4.74 Å². The quantitative estimate of drug-likeness (QED) is 0.717. The second-order valence-electron chi connectivity index (χ2n) is 5.56. The van der Waals surface area contributed by atoms with Crippen LogP contribution in [0.25, 0.3) is 0 Å². The minimum atomic E-state index is 0.540. The molecule has 104 valence electrons. The van der Waals surface area contributed by atoms with E-state index in [2.05, 4.69) is 46.0 Å². The lowest BCUT2D eigenvalue weighted by molar-refractivity contribution is 0.110. The van der Waals surface area contributed by atoms with E-state index < -0.39 is 0 Å². The van der Waals surface area contributed by atoms with Crippen molar-refractivity contribution in [2.24, 2.45) is 5.92 Å². The third-order valence-electron chi connectivity index (χ3n) is 2.85. The lowest BCUT2D eigenvalue weighted by atomic mass is 10.1. The molecule has 0 saturated carbocycles. The fraction of sp³-hybridized carbons (Fsp3) is 0.733. The van der Waals surface area contributed by atoms with Crippen LogP contribution in [0.15, 0.2) is 6.07 Å². The molecule has 0 bridgehead atoms. The fourth-order valence-electron chi connectivity index (χ4n) is 1.62. The van der Waals surface area contributed by atoms with Crippen molar-refractivity contribution in [2.45, 2.75) is 60.2 Å². The molecule has 18 heavy (non-hydrogen) atoms. The van der Waals surface area contributed by atoms with Crippen LogP contribution >= 0.6 is 11.3 Å². The van der Waals surface area contributed by atoms with Gasteiger partial charge in [0.15, 0.2) is 0 Å². The number of hydrogen-bond acceptors (Lipinski definition) is 3. The molecule has 1 aromatic heterocycles. The number of ether oxygens (including phenoxy) is 1. The van der Waals surface area contributed by atoms with Crippen LogP contribution in [0.5, 0.6) is 0 Å². The van der Waals surface area contributed by atoms with Crippen LogP contribution in [0.3, 0.4) is 0 Å². The zero-order chi connectivity index (χ0) is 13.5. The number of aryl methyl sites for hydroxylation is 1. The van der Waals surface area contributed by atoms with E-state index in [-0.39, 0.29) is 0 Å². The Labute approximate surface area is 116 Å². The van der Waals surface area contributed by atoms with E-state index in [0.29, 0.717) is 6.04 Å². The van der Waals surface area contributed by atoms with Crippen LogP contribution in [0, 0.1) is 12.8 Å². The molecule has 0 amide bonds. The van der Waals surface area contributed by atoms with Gasteiger partial charge in [-0.3, -0.25) is 0 Å². The minimum Gasteiger partial charge on any atom is -0.377 e. The maximum absolute atomic E-state index is 5.74. The summed E-state index contributed by atoms with van der Waals surface area (Å²) < 4.78 is 5.74. The molecule has 0 unspecified atom stereocenters. The van der Waals surface area contributed by atoms with Gasteiger partial charge in [0.1, 0.15) is 0 Å². The van der Waals surface area contributed by atoms with Gasteiger partial charge in [-0.25, -0.2) is 0 Å². The zero-order valence-corrected chi connectivity index (χ0v) is 13.2. The average molecular weight is 269 g/mol. The molecule has 1 heterocycles. The summed E-state index contributed by atoms with van der Waals surface area (Å²) in [5.74, 6) is 0.722. The standard InChI is InChI=1S/C15H27NOS/c1-11(2)6-7-17-10-14-8-15(18-13(14)5)9-16-12(3)4/h8,11-12,16H,6-7,9-10H2,1-5H3. The highest BCUT2D eigenvalue weighted by atomic mass is 32.1. The molecular formula is C15H27NOS. The Hall–Kier alpha value is -0.380. The summed E-state index contributed by atoms with van der Waals surface area (Å²) >= 11 is 1.88. The first-order chi connectivity index (χ1) is 8.49. The molecule has 1 N–H and O–H groups in total. The van der Waals surface area contributed by atoms with Crippen LogP contribution in [0.1, 0.15) is 49.4 Å². The van der Waals surface area contributed by atoms with Crippen LogP contribution in [0.4, 0.5) is 0 Å². The van der Waals surface area contributed by atoms with Gasteiger partial charge < -0.3 is 10.1 Å². The SMILES string of the molecule is Cc1sc(CNC(C)C)cc1COCCC(C)C.